The van der Waals surface area contributed by atoms with E-state index >= 15 is 0 Å². The molecule has 122 valence electrons. The molecule has 1 amide bonds. The van der Waals surface area contributed by atoms with Crippen LogP contribution >= 0.6 is 0 Å². The van der Waals surface area contributed by atoms with Crippen LogP contribution in [-0.2, 0) is 6.42 Å². The molecule has 6 heteroatoms. The van der Waals surface area contributed by atoms with Gasteiger partial charge in [-0.05, 0) is 37.5 Å². The van der Waals surface area contributed by atoms with Crippen molar-refractivity contribution in [2.45, 2.75) is 32.7 Å². The van der Waals surface area contributed by atoms with Crippen molar-refractivity contribution in [3.8, 4) is 0 Å². The summed E-state index contributed by atoms with van der Waals surface area (Å²) in [5.41, 5.74) is 1.65. The number of nitrogens with one attached hydrogen (secondary N) is 1. The van der Waals surface area contributed by atoms with Gasteiger partial charge in [-0.25, -0.2) is 9.97 Å². The molecule has 0 saturated carbocycles. The van der Waals surface area contributed by atoms with Gasteiger partial charge in [0.05, 0.1) is 5.56 Å². The van der Waals surface area contributed by atoms with Crippen LogP contribution in [-0.4, -0.2) is 45.4 Å². The van der Waals surface area contributed by atoms with Crippen molar-refractivity contribution in [1.82, 2.24) is 19.9 Å². The van der Waals surface area contributed by atoms with E-state index in [9.17, 15) is 4.79 Å². The second-order valence-electron chi connectivity index (χ2n) is 5.58. The number of anilines is 1. The normalized spacial score (nSPS) is 11.8. The Morgan fingerprint density at radius 3 is 2.52 bits per heavy atom. The summed E-state index contributed by atoms with van der Waals surface area (Å²) in [6, 6.07) is 4.22. The van der Waals surface area contributed by atoms with E-state index in [0.717, 1.165) is 18.4 Å². The number of aromatic nitrogens is 3. The van der Waals surface area contributed by atoms with E-state index in [1.54, 1.807) is 36.7 Å². The SMILES string of the molecule is CCC(C)Nc1ncc(C(=O)N(C)CCc2ccncc2)cn1. The van der Waals surface area contributed by atoms with E-state index < -0.39 is 0 Å². The predicted molar refractivity (Wildman–Crippen MR) is 90.3 cm³/mol. The van der Waals surface area contributed by atoms with Crippen LogP contribution in [0.15, 0.2) is 36.9 Å². The Hall–Kier alpha value is -2.50. The van der Waals surface area contributed by atoms with Crippen molar-refractivity contribution in [2.24, 2.45) is 0 Å². The largest absolute Gasteiger partial charge is 0.352 e. The number of nitrogens with zero attached hydrogens (tertiary/aromatic N) is 4. The lowest BCUT2D eigenvalue weighted by Gasteiger charge is -2.17. The van der Waals surface area contributed by atoms with E-state index in [-0.39, 0.29) is 5.91 Å². The number of carbonyl (C=O) groups excluding carboxylic acids is 1. The molecule has 0 radical (unpaired) electrons. The Balaban J connectivity index is 1.91. The maximum atomic E-state index is 12.4. The first-order chi connectivity index (χ1) is 11.1. The van der Waals surface area contributed by atoms with Gasteiger partial charge in [-0.3, -0.25) is 9.78 Å². The molecule has 0 aliphatic rings. The summed E-state index contributed by atoms with van der Waals surface area (Å²) in [6.07, 6.45) is 8.44. The topological polar surface area (TPSA) is 71.0 Å². The monoisotopic (exact) mass is 313 g/mol. The third-order valence-corrected chi connectivity index (χ3v) is 3.72. The minimum atomic E-state index is -0.0749. The van der Waals surface area contributed by atoms with Crippen LogP contribution in [0.25, 0.3) is 0 Å². The fraction of sp³-hybridized carbons (Fsp3) is 0.412. The fourth-order valence-electron chi connectivity index (χ4n) is 2.00. The zero-order chi connectivity index (χ0) is 16.7. The Morgan fingerprint density at radius 2 is 1.91 bits per heavy atom. The van der Waals surface area contributed by atoms with E-state index in [0.29, 0.717) is 24.1 Å². The van der Waals surface area contributed by atoms with Gasteiger partial charge in [-0.15, -0.1) is 0 Å². The lowest BCUT2D eigenvalue weighted by atomic mass is 10.2. The molecule has 0 spiro atoms. The van der Waals surface area contributed by atoms with Crippen molar-refractivity contribution in [2.75, 3.05) is 18.9 Å². The molecule has 0 bridgehead atoms. The van der Waals surface area contributed by atoms with Crippen LogP contribution in [0.5, 0.6) is 0 Å². The molecule has 2 heterocycles. The highest BCUT2D eigenvalue weighted by molar-refractivity contribution is 5.93. The molecule has 0 aliphatic heterocycles. The van der Waals surface area contributed by atoms with E-state index in [2.05, 4.69) is 34.1 Å². The summed E-state index contributed by atoms with van der Waals surface area (Å²) in [5, 5.41) is 3.18. The maximum absolute atomic E-state index is 12.4. The van der Waals surface area contributed by atoms with Gasteiger partial charge in [0.2, 0.25) is 5.95 Å². The summed E-state index contributed by atoms with van der Waals surface area (Å²) in [5.74, 6) is 0.476. The molecule has 1 atom stereocenters. The average Bonchev–Trinajstić information content (AvgIpc) is 2.60. The van der Waals surface area contributed by atoms with Gasteiger partial charge in [0.15, 0.2) is 0 Å². The quantitative estimate of drug-likeness (QED) is 0.850. The highest BCUT2D eigenvalue weighted by Gasteiger charge is 2.13. The molecular formula is C17H23N5O. The van der Waals surface area contributed by atoms with Crippen LogP contribution in [0, 0.1) is 0 Å². The number of likely N-dealkylation sites (N-methyl/N-ethyl adjacent to an activating group) is 1. The first kappa shape index (κ1) is 16.9. The lowest BCUT2D eigenvalue weighted by Crippen LogP contribution is -2.29. The summed E-state index contributed by atoms with van der Waals surface area (Å²) < 4.78 is 0. The second-order valence-corrected chi connectivity index (χ2v) is 5.58. The zero-order valence-electron chi connectivity index (χ0n) is 13.9. The lowest BCUT2D eigenvalue weighted by molar-refractivity contribution is 0.0796. The van der Waals surface area contributed by atoms with Crippen LogP contribution in [0.4, 0.5) is 5.95 Å². The first-order valence-electron chi connectivity index (χ1n) is 7.83. The van der Waals surface area contributed by atoms with Gasteiger partial charge in [-0.2, -0.15) is 0 Å². The van der Waals surface area contributed by atoms with Crippen molar-refractivity contribution in [1.29, 1.82) is 0 Å². The molecule has 0 aliphatic carbocycles. The van der Waals surface area contributed by atoms with Crippen molar-refractivity contribution >= 4 is 11.9 Å². The second kappa shape index (κ2) is 8.22. The average molecular weight is 313 g/mol. The van der Waals surface area contributed by atoms with Crippen molar-refractivity contribution < 1.29 is 4.79 Å². The molecule has 0 fully saturated rings. The fourth-order valence-corrected chi connectivity index (χ4v) is 2.00. The Labute approximate surface area is 137 Å². The smallest absolute Gasteiger partial charge is 0.256 e. The van der Waals surface area contributed by atoms with Gasteiger partial charge < -0.3 is 10.2 Å². The summed E-state index contributed by atoms with van der Waals surface area (Å²) >= 11 is 0. The zero-order valence-corrected chi connectivity index (χ0v) is 13.9. The molecule has 2 aromatic rings. The predicted octanol–water partition coefficient (Wildman–Crippen LogP) is 2.40. The number of hydrogen-bond acceptors (Lipinski definition) is 5. The highest BCUT2D eigenvalue weighted by Crippen LogP contribution is 2.07. The van der Waals surface area contributed by atoms with Gasteiger partial charge in [-0.1, -0.05) is 6.92 Å². The standard InChI is InChI=1S/C17H23N5O/c1-4-13(2)21-17-19-11-15(12-20-17)16(23)22(3)10-7-14-5-8-18-9-6-14/h5-6,8-9,11-13H,4,7,10H2,1-3H3,(H,19,20,21). The minimum absolute atomic E-state index is 0.0749. The van der Waals surface area contributed by atoms with E-state index in [1.807, 2.05) is 12.1 Å². The number of hydrogen-bond donors (Lipinski definition) is 1. The molecule has 0 aromatic carbocycles. The summed E-state index contributed by atoms with van der Waals surface area (Å²) in [7, 11) is 1.79. The minimum Gasteiger partial charge on any atom is -0.352 e. The third-order valence-electron chi connectivity index (χ3n) is 3.72. The van der Waals surface area contributed by atoms with Crippen LogP contribution in [0.1, 0.15) is 36.2 Å². The van der Waals surface area contributed by atoms with Gasteiger partial charge in [0, 0.05) is 44.4 Å². The Bertz CT molecular complexity index is 615. The van der Waals surface area contributed by atoms with E-state index in [1.165, 1.54) is 0 Å². The molecule has 23 heavy (non-hydrogen) atoms. The third kappa shape index (κ3) is 5.02. The number of carbonyl (C=O) groups is 1. The number of pyridine rings is 1. The van der Waals surface area contributed by atoms with Gasteiger partial charge in [0.25, 0.3) is 5.91 Å². The van der Waals surface area contributed by atoms with E-state index in [4.69, 9.17) is 0 Å². The Morgan fingerprint density at radius 1 is 1.26 bits per heavy atom. The van der Waals surface area contributed by atoms with Gasteiger partial charge in [0.1, 0.15) is 0 Å². The molecule has 6 nitrogen and oxygen atoms in total. The van der Waals surface area contributed by atoms with Crippen LogP contribution in [0.2, 0.25) is 0 Å². The Kier molecular flexibility index (Phi) is 6.02. The molecule has 1 N–H and O–H groups in total. The van der Waals surface area contributed by atoms with Crippen LogP contribution < -0.4 is 5.32 Å². The summed E-state index contributed by atoms with van der Waals surface area (Å²) in [6.45, 7) is 4.79. The van der Waals surface area contributed by atoms with Crippen molar-refractivity contribution in [3.63, 3.8) is 0 Å². The first-order valence-corrected chi connectivity index (χ1v) is 7.83. The molecular weight excluding hydrogens is 290 g/mol. The maximum Gasteiger partial charge on any atom is 0.256 e. The molecule has 2 aromatic heterocycles. The highest BCUT2D eigenvalue weighted by atomic mass is 16.2. The van der Waals surface area contributed by atoms with Crippen LogP contribution in [0.3, 0.4) is 0 Å². The number of amides is 1. The summed E-state index contributed by atoms with van der Waals surface area (Å²) in [4.78, 5) is 26.5. The van der Waals surface area contributed by atoms with Crippen molar-refractivity contribution in [3.05, 3.63) is 48.0 Å². The molecule has 0 saturated heterocycles. The molecule has 1 unspecified atom stereocenters. The van der Waals surface area contributed by atoms with Gasteiger partial charge >= 0.3 is 0 Å². The number of rotatable bonds is 7. The molecule has 2 rings (SSSR count).